The van der Waals surface area contributed by atoms with Gasteiger partial charge in [0.25, 0.3) is 0 Å². The Labute approximate surface area is 88.2 Å². The van der Waals surface area contributed by atoms with Crippen LogP contribution < -0.4 is 3.53 Å². The minimum Gasteiger partial charge on any atom is -0.244 e. The molecule has 0 fully saturated rings. The van der Waals surface area contributed by atoms with Crippen LogP contribution in [0.3, 0.4) is 0 Å². The van der Waals surface area contributed by atoms with E-state index in [1.54, 1.807) is 0 Å². The van der Waals surface area contributed by atoms with Crippen molar-refractivity contribution in [1.29, 1.82) is 0 Å². The molecule has 3 heteroatoms. The van der Waals surface area contributed by atoms with Gasteiger partial charge in [0.2, 0.25) is 0 Å². The van der Waals surface area contributed by atoms with Crippen molar-refractivity contribution in [1.82, 2.24) is 3.53 Å². The van der Waals surface area contributed by atoms with E-state index in [-0.39, 0.29) is 0 Å². The molecule has 1 N–H and O–H groups in total. The van der Waals surface area contributed by atoms with Gasteiger partial charge in [0.05, 0.1) is 4.05 Å². The van der Waals surface area contributed by atoms with Gasteiger partial charge in [-0.2, -0.15) is 0 Å². The van der Waals surface area contributed by atoms with E-state index in [1.807, 2.05) is 6.07 Å². The highest BCUT2D eigenvalue weighted by Gasteiger charge is 2.01. The second-order valence-corrected chi connectivity index (χ2v) is 3.75. The van der Waals surface area contributed by atoms with Crippen molar-refractivity contribution in [2.75, 3.05) is 0 Å². The van der Waals surface area contributed by atoms with Crippen LogP contribution in [0, 0.1) is 0 Å². The Morgan fingerprint density at radius 1 is 1.20 bits per heavy atom. The van der Waals surface area contributed by atoms with E-state index in [2.05, 4.69) is 73.3 Å². The molecule has 0 amide bonds. The molecule has 0 bridgehead atoms. The van der Waals surface area contributed by atoms with Gasteiger partial charge in [-0.1, -0.05) is 52.9 Å². The molecular weight excluding hydrogens is 352 g/mol. The number of rotatable bonds is 2. The Kier molecular flexibility index (Phi) is 3.93. The van der Waals surface area contributed by atoms with Crippen molar-refractivity contribution in [2.24, 2.45) is 0 Å². The van der Waals surface area contributed by atoms with E-state index in [0.29, 0.717) is 4.05 Å². The molecule has 1 aromatic rings. The molecule has 0 aliphatic rings. The molecule has 0 aliphatic heterocycles. The minimum atomic E-state index is 0.416. The summed E-state index contributed by atoms with van der Waals surface area (Å²) >= 11 is 4.51. The van der Waals surface area contributed by atoms with Crippen LogP contribution >= 0.6 is 45.5 Å². The summed E-state index contributed by atoms with van der Waals surface area (Å²) in [5.41, 5.74) is 1.32. The zero-order valence-electron chi connectivity index (χ0n) is 5.22. The summed E-state index contributed by atoms with van der Waals surface area (Å²) in [6.07, 6.45) is 0. The number of hydrogen-bond acceptors (Lipinski definition) is 1. The lowest BCUT2D eigenvalue weighted by molar-refractivity contribution is 1.02. The van der Waals surface area contributed by atoms with Crippen LogP contribution in [0.1, 0.15) is 9.61 Å². The zero-order chi connectivity index (χ0) is 7.40. The third-order valence-electron chi connectivity index (χ3n) is 1.19. The molecule has 1 rings (SSSR count). The molecule has 0 aromatic heterocycles. The van der Waals surface area contributed by atoms with Crippen molar-refractivity contribution in [3.05, 3.63) is 35.9 Å². The first kappa shape index (κ1) is 8.73. The Bertz CT molecular complexity index is 188. The Balaban J connectivity index is 2.75. The summed E-state index contributed by atoms with van der Waals surface area (Å²) in [5, 5.41) is 0. The minimum absolute atomic E-state index is 0.416. The lowest BCUT2D eigenvalue weighted by Gasteiger charge is -2.05. The van der Waals surface area contributed by atoms with Crippen LogP contribution in [-0.4, -0.2) is 0 Å². The number of alkyl halides is 1. The maximum Gasteiger partial charge on any atom is 0.0932 e. The van der Waals surface area contributed by atoms with Crippen molar-refractivity contribution in [3.8, 4) is 0 Å². The Morgan fingerprint density at radius 3 is 2.30 bits per heavy atom. The summed E-state index contributed by atoms with van der Waals surface area (Å²) in [6, 6.07) is 10.4. The fourth-order valence-electron chi connectivity index (χ4n) is 0.685. The lowest BCUT2D eigenvalue weighted by atomic mass is 10.2. The average molecular weight is 359 g/mol. The summed E-state index contributed by atoms with van der Waals surface area (Å²) in [4.78, 5) is 0. The van der Waals surface area contributed by atoms with Crippen LogP contribution in [0.25, 0.3) is 0 Å². The first-order valence-electron chi connectivity index (χ1n) is 2.90. The fourth-order valence-corrected chi connectivity index (χ4v) is 1.46. The van der Waals surface area contributed by atoms with Crippen molar-refractivity contribution in [2.45, 2.75) is 4.05 Å². The van der Waals surface area contributed by atoms with Crippen LogP contribution in [0.2, 0.25) is 0 Å². The smallest absolute Gasteiger partial charge is 0.0932 e. The molecule has 54 valence electrons. The monoisotopic (exact) mass is 359 g/mol. The highest BCUT2D eigenvalue weighted by atomic mass is 127. The molecule has 1 nitrogen and oxygen atoms in total. The summed E-state index contributed by atoms with van der Waals surface area (Å²) < 4.78 is 3.55. The second kappa shape index (κ2) is 4.50. The van der Waals surface area contributed by atoms with Gasteiger partial charge in [-0.3, -0.25) is 0 Å². The normalized spacial score (nSPS) is 13.0. The predicted molar refractivity (Wildman–Crippen MR) is 60.4 cm³/mol. The van der Waals surface area contributed by atoms with Crippen LogP contribution in [0.5, 0.6) is 0 Å². The first-order chi connectivity index (χ1) is 4.84. The molecule has 0 saturated heterocycles. The van der Waals surface area contributed by atoms with E-state index in [4.69, 9.17) is 0 Å². The molecule has 1 atom stereocenters. The van der Waals surface area contributed by atoms with Gasteiger partial charge in [0, 0.05) is 22.9 Å². The summed E-state index contributed by atoms with van der Waals surface area (Å²) in [6.45, 7) is 0. The molecule has 1 aromatic carbocycles. The van der Waals surface area contributed by atoms with Crippen LogP contribution in [0.4, 0.5) is 0 Å². The number of nitrogens with one attached hydrogen (secondary N) is 1. The maximum atomic E-state index is 3.14. The molecule has 10 heavy (non-hydrogen) atoms. The lowest BCUT2D eigenvalue weighted by Crippen LogP contribution is -2.01. The van der Waals surface area contributed by atoms with Gasteiger partial charge in [0.1, 0.15) is 0 Å². The fraction of sp³-hybridized carbons (Fsp3) is 0.143. The van der Waals surface area contributed by atoms with E-state index in [0.717, 1.165) is 0 Å². The molecule has 0 spiro atoms. The van der Waals surface area contributed by atoms with Crippen LogP contribution in [0.15, 0.2) is 30.3 Å². The standard InChI is InChI=1S/C7H7I2N/c8-7(10-9)6-4-2-1-3-5-6/h1-5,7,10H. The highest BCUT2D eigenvalue weighted by Crippen LogP contribution is 2.20. The topological polar surface area (TPSA) is 12.0 Å². The van der Waals surface area contributed by atoms with Crippen LogP contribution in [-0.2, 0) is 0 Å². The van der Waals surface area contributed by atoms with E-state index in [1.165, 1.54) is 5.56 Å². The Hall–Kier alpha value is 0.640. The van der Waals surface area contributed by atoms with Crippen molar-refractivity contribution >= 4 is 45.5 Å². The van der Waals surface area contributed by atoms with E-state index >= 15 is 0 Å². The quantitative estimate of drug-likeness (QED) is 0.371. The van der Waals surface area contributed by atoms with Gasteiger partial charge in [-0.05, 0) is 5.56 Å². The molecule has 0 radical (unpaired) electrons. The predicted octanol–water partition coefficient (Wildman–Crippen LogP) is 3.06. The summed E-state index contributed by atoms with van der Waals surface area (Å²) in [7, 11) is 0. The molecular formula is C7H7I2N. The van der Waals surface area contributed by atoms with E-state index in [9.17, 15) is 0 Å². The van der Waals surface area contributed by atoms with Gasteiger partial charge in [-0.25, -0.2) is 3.53 Å². The second-order valence-electron chi connectivity index (χ2n) is 1.88. The zero-order valence-corrected chi connectivity index (χ0v) is 9.54. The largest absolute Gasteiger partial charge is 0.244 e. The van der Waals surface area contributed by atoms with Crippen molar-refractivity contribution < 1.29 is 0 Å². The average Bonchev–Trinajstić information content (AvgIpc) is 2.05. The van der Waals surface area contributed by atoms with Gasteiger partial charge < -0.3 is 0 Å². The maximum absolute atomic E-state index is 3.14. The number of benzene rings is 1. The first-order valence-corrected chi connectivity index (χ1v) is 5.22. The van der Waals surface area contributed by atoms with Gasteiger partial charge in [-0.15, -0.1) is 0 Å². The van der Waals surface area contributed by atoms with E-state index < -0.39 is 0 Å². The SMILES string of the molecule is INC(I)c1ccccc1. The van der Waals surface area contributed by atoms with Crippen molar-refractivity contribution in [3.63, 3.8) is 0 Å². The Morgan fingerprint density at radius 2 is 1.80 bits per heavy atom. The number of hydrogen-bond donors (Lipinski definition) is 1. The molecule has 0 saturated carbocycles. The molecule has 1 unspecified atom stereocenters. The molecule has 0 heterocycles. The number of halogens is 2. The third-order valence-corrected chi connectivity index (χ3v) is 4.03. The highest BCUT2D eigenvalue weighted by molar-refractivity contribution is 14.1. The third kappa shape index (κ3) is 2.35. The van der Waals surface area contributed by atoms with Gasteiger partial charge in [0.15, 0.2) is 0 Å². The summed E-state index contributed by atoms with van der Waals surface area (Å²) in [5.74, 6) is 0. The van der Waals surface area contributed by atoms with Gasteiger partial charge >= 0.3 is 0 Å². The molecule has 0 aliphatic carbocycles.